The van der Waals surface area contributed by atoms with Crippen molar-refractivity contribution < 1.29 is 8.42 Å². The molecule has 23 heavy (non-hydrogen) atoms. The van der Waals surface area contributed by atoms with Crippen LogP contribution in [-0.2, 0) is 23.5 Å². The highest BCUT2D eigenvalue weighted by atomic mass is 35.5. The van der Waals surface area contributed by atoms with Crippen molar-refractivity contribution >= 4 is 21.6 Å². The molecule has 1 aromatic heterocycles. The number of nitrogens with zero attached hydrogens (tertiary/aromatic N) is 3. The number of hydrogen-bond donors (Lipinski definition) is 0. The molecule has 0 aliphatic carbocycles. The van der Waals surface area contributed by atoms with Gasteiger partial charge in [-0.1, -0.05) is 11.6 Å². The minimum atomic E-state index is -3.53. The van der Waals surface area contributed by atoms with Gasteiger partial charge in [0.1, 0.15) is 0 Å². The maximum Gasteiger partial charge on any atom is 0.243 e. The molecule has 1 saturated heterocycles. The number of aryl methyl sites for hydroxylation is 1. The topological polar surface area (TPSA) is 55.2 Å². The van der Waals surface area contributed by atoms with E-state index < -0.39 is 10.0 Å². The van der Waals surface area contributed by atoms with Crippen molar-refractivity contribution in [2.24, 2.45) is 7.05 Å². The fourth-order valence-corrected chi connectivity index (χ4v) is 5.84. The highest BCUT2D eigenvalue weighted by Crippen LogP contribution is 2.44. The van der Waals surface area contributed by atoms with E-state index in [4.69, 9.17) is 11.6 Å². The Morgan fingerprint density at radius 3 is 2.70 bits per heavy atom. The first-order valence-electron chi connectivity index (χ1n) is 7.78. The molecule has 7 heteroatoms. The minimum Gasteiger partial charge on any atom is -0.272 e. The molecule has 0 N–H and O–H groups in total. The molecule has 0 amide bonds. The molecule has 5 nitrogen and oxygen atoms in total. The Morgan fingerprint density at radius 1 is 1.22 bits per heavy atom. The molecule has 2 unspecified atom stereocenters. The highest BCUT2D eigenvalue weighted by Gasteiger charge is 2.45. The van der Waals surface area contributed by atoms with Gasteiger partial charge in [0.25, 0.3) is 0 Å². The van der Waals surface area contributed by atoms with Gasteiger partial charge in [-0.25, -0.2) is 8.42 Å². The molecule has 0 saturated carbocycles. The van der Waals surface area contributed by atoms with Gasteiger partial charge in [0, 0.05) is 35.8 Å². The predicted octanol–water partition coefficient (Wildman–Crippen LogP) is 2.91. The molecule has 2 atom stereocenters. The predicted molar refractivity (Wildman–Crippen MR) is 87.8 cm³/mol. The van der Waals surface area contributed by atoms with E-state index in [-0.39, 0.29) is 12.1 Å². The number of halogens is 1. The van der Waals surface area contributed by atoms with Crippen LogP contribution in [0, 0.1) is 0 Å². The van der Waals surface area contributed by atoms with Crippen molar-refractivity contribution in [1.82, 2.24) is 14.1 Å². The van der Waals surface area contributed by atoms with E-state index in [9.17, 15) is 8.42 Å². The van der Waals surface area contributed by atoms with Crippen LogP contribution in [0.5, 0.6) is 0 Å². The maximum absolute atomic E-state index is 13.2. The first-order valence-corrected chi connectivity index (χ1v) is 9.60. The van der Waals surface area contributed by atoms with Crippen LogP contribution >= 0.6 is 11.6 Å². The molecule has 122 valence electrons. The van der Waals surface area contributed by atoms with Gasteiger partial charge in [-0.2, -0.15) is 9.40 Å². The fourth-order valence-electron chi connectivity index (χ4n) is 3.86. The summed E-state index contributed by atoms with van der Waals surface area (Å²) in [5.74, 6) is 0. The molecule has 4 rings (SSSR count). The monoisotopic (exact) mass is 351 g/mol. The largest absolute Gasteiger partial charge is 0.272 e. The van der Waals surface area contributed by atoms with Crippen LogP contribution in [0.2, 0.25) is 5.02 Å². The normalized spacial score (nSPS) is 24.4. The molecule has 1 aromatic carbocycles. The van der Waals surface area contributed by atoms with Crippen molar-refractivity contribution in [1.29, 1.82) is 0 Å². The molecular formula is C16H18ClN3O2S. The number of piperidine rings is 1. The van der Waals surface area contributed by atoms with Crippen LogP contribution < -0.4 is 0 Å². The van der Waals surface area contributed by atoms with Crippen LogP contribution in [-0.4, -0.2) is 28.5 Å². The lowest BCUT2D eigenvalue weighted by Crippen LogP contribution is -2.49. The molecule has 2 aromatic rings. The summed E-state index contributed by atoms with van der Waals surface area (Å²) in [6.07, 6.45) is 5.35. The lowest BCUT2D eigenvalue weighted by Gasteiger charge is -2.44. The summed E-state index contributed by atoms with van der Waals surface area (Å²) in [7, 11) is -1.61. The Labute approximate surface area is 140 Å². The van der Waals surface area contributed by atoms with E-state index in [1.807, 2.05) is 17.9 Å². The number of aromatic nitrogens is 2. The highest BCUT2D eigenvalue weighted by molar-refractivity contribution is 7.89. The SMILES string of the molecule is Cn1ncc2c1CC1CCCC2N1S(=O)(=O)c1ccc(Cl)cc1. The quantitative estimate of drug-likeness (QED) is 0.836. The first kappa shape index (κ1) is 15.2. The Kier molecular flexibility index (Phi) is 3.51. The second-order valence-corrected chi connectivity index (χ2v) is 8.54. The van der Waals surface area contributed by atoms with Crippen molar-refractivity contribution in [3.63, 3.8) is 0 Å². The van der Waals surface area contributed by atoms with E-state index >= 15 is 0 Å². The fraction of sp³-hybridized carbons (Fsp3) is 0.438. The number of fused-ring (bicyclic) bond motifs is 4. The molecule has 0 radical (unpaired) electrons. The summed E-state index contributed by atoms with van der Waals surface area (Å²) in [5.41, 5.74) is 2.23. The number of benzene rings is 1. The van der Waals surface area contributed by atoms with Crippen molar-refractivity contribution in [3.8, 4) is 0 Å². The van der Waals surface area contributed by atoms with Crippen LogP contribution in [0.4, 0.5) is 0 Å². The van der Waals surface area contributed by atoms with E-state index in [1.54, 1.807) is 28.6 Å². The Balaban J connectivity index is 1.81. The van der Waals surface area contributed by atoms with Crippen molar-refractivity contribution in [3.05, 3.63) is 46.7 Å². The summed E-state index contributed by atoms with van der Waals surface area (Å²) in [4.78, 5) is 0.311. The van der Waals surface area contributed by atoms with Crippen LogP contribution in [0.3, 0.4) is 0 Å². The van der Waals surface area contributed by atoms with Crippen LogP contribution in [0.1, 0.15) is 36.6 Å². The molecule has 2 aliphatic heterocycles. The Bertz CT molecular complexity index is 845. The number of hydrogen-bond acceptors (Lipinski definition) is 3. The van der Waals surface area contributed by atoms with Crippen molar-refractivity contribution in [2.75, 3.05) is 0 Å². The molecule has 1 fully saturated rings. The third-order valence-electron chi connectivity index (χ3n) is 4.95. The van der Waals surface area contributed by atoms with Gasteiger partial charge in [-0.3, -0.25) is 4.68 Å². The Hall–Kier alpha value is -1.37. The number of sulfonamides is 1. The third-order valence-corrected chi connectivity index (χ3v) is 7.18. The second-order valence-electron chi connectivity index (χ2n) is 6.26. The minimum absolute atomic E-state index is 0.0114. The second kappa shape index (κ2) is 5.33. The molecule has 2 aliphatic rings. The van der Waals surface area contributed by atoms with E-state index in [2.05, 4.69) is 5.10 Å². The molecular weight excluding hydrogens is 334 g/mol. The van der Waals surface area contributed by atoms with E-state index in [0.29, 0.717) is 9.92 Å². The summed E-state index contributed by atoms with van der Waals surface area (Å²) in [5, 5.41) is 4.88. The Morgan fingerprint density at radius 2 is 1.96 bits per heavy atom. The summed E-state index contributed by atoms with van der Waals surface area (Å²) in [6.45, 7) is 0. The maximum atomic E-state index is 13.2. The third kappa shape index (κ3) is 2.31. The summed E-state index contributed by atoms with van der Waals surface area (Å²) in [6, 6.07) is 6.34. The molecule has 0 spiro atoms. The average molecular weight is 352 g/mol. The zero-order valence-electron chi connectivity index (χ0n) is 12.8. The van der Waals surface area contributed by atoms with Gasteiger partial charge in [0.15, 0.2) is 0 Å². The van der Waals surface area contributed by atoms with Crippen molar-refractivity contribution in [2.45, 2.75) is 42.7 Å². The van der Waals surface area contributed by atoms with Gasteiger partial charge >= 0.3 is 0 Å². The summed E-state index contributed by atoms with van der Waals surface area (Å²) < 4.78 is 30.0. The number of rotatable bonds is 2. The van der Waals surface area contributed by atoms with Gasteiger partial charge in [0.05, 0.1) is 17.1 Å². The lowest BCUT2D eigenvalue weighted by molar-refractivity contribution is 0.161. The smallest absolute Gasteiger partial charge is 0.243 e. The summed E-state index contributed by atoms with van der Waals surface area (Å²) >= 11 is 5.89. The van der Waals surface area contributed by atoms with Crippen LogP contribution in [0.15, 0.2) is 35.4 Å². The zero-order valence-corrected chi connectivity index (χ0v) is 14.4. The first-order chi connectivity index (χ1) is 11.0. The van der Waals surface area contributed by atoms with E-state index in [1.165, 1.54) is 5.69 Å². The van der Waals surface area contributed by atoms with Gasteiger partial charge < -0.3 is 0 Å². The zero-order chi connectivity index (χ0) is 16.2. The van der Waals surface area contributed by atoms with Gasteiger partial charge in [-0.05, 0) is 43.5 Å². The van der Waals surface area contributed by atoms with Gasteiger partial charge in [-0.15, -0.1) is 0 Å². The van der Waals surface area contributed by atoms with Crippen LogP contribution in [0.25, 0.3) is 0 Å². The molecule has 3 heterocycles. The molecule has 2 bridgehead atoms. The lowest BCUT2D eigenvalue weighted by atomic mass is 9.85. The van der Waals surface area contributed by atoms with E-state index in [0.717, 1.165) is 31.2 Å². The standard InChI is InChI=1S/C16H18ClN3O2S/c1-19-16-9-12-3-2-4-15(14(16)10-18-19)20(12)23(21,22)13-7-5-11(17)6-8-13/h5-8,10,12,15H,2-4,9H2,1H3. The average Bonchev–Trinajstić information content (AvgIpc) is 2.88. The van der Waals surface area contributed by atoms with Gasteiger partial charge in [0.2, 0.25) is 10.0 Å².